The monoisotopic (exact) mass is 564 g/mol. The highest BCUT2D eigenvalue weighted by Gasteiger charge is 2.46. The van der Waals surface area contributed by atoms with Crippen molar-refractivity contribution in [1.29, 1.82) is 0 Å². The molecular weight excluding hydrogens is 532 g/mol. The fraction of sp³-hybridized carbons (Fsp3) is 0.433. The number of carbonyl (C=O) groups is 2. The Kier molecular flexibility index (Phi) is 6.96. The maximum absolute atomic E-state index is 13.7. The zero-order valence-corrected chi connectivity index (χ0v) is 23.4. The number of aliphatic imine (C=N–C) groups is 1. The quantitative estimate of drug-likeness (QED) is 0.447. The summed E-state index contributed by atoms with van der Waals surface area (Å²) in [5.74, 6) is 1.16. The summed E-state index contributed by atoms with van der Waals surface area (Å²) in [7, 11) is 0. The van der Waals surface area contributed by atoms with E-state index in [1.807, 2.05) is 39.0 Å². The molecule has 6 rings (SSSR count). The highest BCUT2D eigenvalue weighted by Crippen LogP contribution is 2.45. The summed E-state index contributed by atoms with van der Waals surface area (Å²) in [5.41, 5.74) is 4.18. The molecule has 0 aromatic carbocycles. The fourth-order valence-corrected chi connectivity index (χ4v) is 6.54. The third-order valence-electron chi connectivity index (χ3n) is 8.24. The average Bonchev–Trinajstić information content (AvgIpc) is 3.54. The molecular formula is C30H33ClN4O5. The van der Waals surface area contributed by atoms with Crippen molar-refractivity contribution in [2.75, 3.05) is 13.2 Å². The molecule has 1 saturated heterocycles. The summed E-state index contributed by atoms with van der Waals surface area (Å²) in [5, 5.41) is 16.1. The number of amides is 2. The number of carbonyl (C=O) groups excluding carboxylic acids is 1. The second-order valence-corrected chi connectivity index (χ2v) is 11.6. The molecule has 6 atom stereocenters. The van der Waals surface area contributed by atoms with Crippen LogP contribution in [-0.2, 0) is 14.3 Å². The van der Waals surface area contributed by atoms with Gasteiger partial charge in [-0.05, 0) is 42.7 Å². The first-order valence-corrected chi connectivity index (χ1v) is 14.2. The predicted molar refractivity (Wildman–Crippen MR) is 151 cm³/mol. The van der Waals surface area contributed by atoms with E-state index in [1.165, 1.54) is 0 Å². The van der Waals surface area contributed by atoms with Gasteiger partial charge in [-0.15, -0.1) is 0 Å². The van der Waals surface area contributed by atoms with Crippen molar-refractivity contribution < 1.29 is 24.2 Å². The Labute approximate surface area is 238 Å². The van der Waals surface area contributed by atoms with Gasteiger partial charge in [-0.25, -0.2) is 9.79 Å². The molecule has 3 aliphatic carbocycles. The minimum atomic E-state index is -1.22. The van der Waals surface area contributed by atoms with Crippen molar-refractivity contribution in [2.24, 2.45) is 22.7 Å². The van der Waals surface area contributed by atoms with Crippen LogP contribution in [0.25, 0.3) is 0 Å². The van der Waals surface area contributed by atoms with Crippen LogP contribution in [0.3, 0.4) is 0 Å². The van der Waals surface area contributed by atoms with E-state index in [9.17, 15) is 14.7 Å². The van der Waals surface area contributed by atoms with Crippen LogP contribution in [0.2, 0.25) is 0 Å². The maximum Gasteiger partial charge on any atom is 0.405 e. The molecule has 1 fully saturated rings. The lowest BCUT2D eigenvalue weighted by atomic mass is 9.76. The average molecular weight is 565 g/mol. The summed E-state index contributed by atoms with van der Waals surface area (Å²) >= 11 is 6.20. The Morgan fingerprint density at radius 3 is 2.88 bits per heavy atom. The molecule has 210 valence electrons. The van der Waals surface area contributed by atoms with Crippen molar-refractivity contribution in [3.8, 4) is 0 Å². The molecule has 9 nitrogen and oxygen atoms in total. The van der Waals surface area contributed by atoms with E-state index < -0.39 is 12.1 Å². The highest BCUT2D eigenvalue weighted by atomic mass is 35.5. The van der Waals surface area contributed by atoms with Crippen LogP contribution in [0.4, 0.5) is 4.79 Å². The molecule has 3 unspecified atom stereocenters. The topological polar surface area (TPSA) is 112 Å². The zero-order chi connectivity index (χ0) is 28.1. The van der Waals surface area contributed by atoms with Crippen LogP contribution < -0.4 is 10.6 Å². The first kappa shape index (κ1) is 26.7. The molecule has 3 aliphatic heterocycles. The van der Waals surface area contributed by atoms with Gasteiger partial charge in [0.1, 0.15) is 17.6 Å². The van der Waals surface area contributed by atoms with Gasteiger partial charge in [-0.3, -0.25) is 4.79 Å². The van der Waals surface area contributed by atoms with Gasteiger partial charge in [-0.2, -0.15) is 0 Å². The van der Waals surface area contributed by atoms with Crippen LogP contribution in [0.5, 0.6) is 0 Å². The van der Waals surface area contributed by atoms with E-state index >= 15 is 0 Å². The second kappa shape index (κ2) is 10.4. The smallest absolute Gasteiger partial charge is 0.405 e. The Morgan fingerprint density at radius 2 is 2.12 bits per heavy atom. The molecule has 0 aromatic heterocycles. The number of nitrogens with zero attached hydrogens (tertiary/aromatic N) is 2. The Balaban J connectivity index is 1.26. The lowest BCUT2D eigenvalue weighted by Gasteiger charge is -2.35. The van der Waals surface area contributed by atoms with E-state index in [0.29, 0.717) is 30.4 Å². The van der Waals surface area contributed by atoms with E-state index in [4.69, 9.17) is 26.1 Å². The number of hydrogen-bond acceptors (Lipinski definition) is 6. The van der Waals surface area contributed by atoms with E-state index in [-0.39, 0.29) is 41.8 Å². The summed E-state index contributed by atoms with van der Waals surface area (Å²) < 4.78 is 12.0. The first-order valence-electron chi connectivity index (χ1n) is 13.8. The van der Waals surface area contributed by atoms with Crippen molar-refractivity contribution in [3.63, 3.8) is 0 Å². The van der Waals surface area contributed by atoms with Crippen LogP contribution in [-0.4, -0.2) is 65.2 Å². The lowest BCUT2D eigenvalue weighted by molar-refractivity contribution is -0.134. The second-order valence-electron chi connectivity index (χ2n) is 11.1. The van der Waals surface area contributed by atoms with Gasteiger partial charge >= 0.3 is 6.09 Å². The van der Waals surface area contributed by atoms with Gasteiger partial charge in [0.05, 0.1) is 30.1 Å². The molecule has 3 N–H and O–H groups in total. The molecule has 2 amide bonds. The number of nitrogens with one attached hydrogen (secondary N) is 2. The van der Waals surface area contributed by atoms with Crippen molar-refractivity contribution in [1.82, 2.24) is 15.5 Å². The van der Waals surface area contributed by atoms with Crippen LogP contribution in [0.1, 0.15) is 27.2 Å². The van der Waals surface area contributed by atoms with Crippen molar-refractivity contribution in [3.05, 3.63) is 82.0 Å². The van der Waals surface area contributed by atoms with Crippen molar-refractivity contribution >= 4 is 29.4 Å². The molecule has 0 bridgehead atoms. The third kappa shape index (κ3) is 4.71. The van der Waals surface area contributed by atoms with Gasteiger partial charge in [-0.1, -0.05) is 43.7 Å². The van der Waals surface area contributed by atoms with Gasteiger partial charge < -0.3 is 30.1 Å². The molecule has 6 aliphatic rings. The molecule has 0 saturated carbocycles. The van der Waals surface area contributed by atoms with Crippen LogP contribution in [0, 0.1) is 17.8 Å². The number of halogens is 1. The Hall–Kier alpha value is -3.56. The number of ether oxygens (including phenoxy) is 2. The SMILES string of the molecule is CCO[C@H]1C[C@@H](C2=NC3=CC=C4C=C5C(=CC4C3N2)OC=C2C=C(Cl)C=CC25)N(C(=O)[C@@H](NC(=O)O)C(C)C)C1. The van der Waals surface area contributed by atoms with Crippen LogP contribution >= 0.6 is 11.6 Å². The molecule has 0 aromatic rings. The van der Waals surface area contributed by atoms with Crippen molar-refractivity contribution in [2.45, 2.75) is 51.4 Å². The molecule has 0 radical (unpaired) electrons. The number of carboxylic acid groups (broad SMARTS) is 1. The van der Waals surface area contributed by atoms with E-state index in [0.717, 1.165) is 28.2 Å². The molecule has 10 heteroatoms. The largest absolute Gasteiger partial charge is 0.465 e. The summed E-state index contributed by atoms with van der Waals surface area (Å²) in [4.78, 5) is 31.8. The Morgan fingerprint density at radius 1 is 1.30 bits per heavy atom. The number of rotatable bonds is 6. The Bertz CT molecular complexity index is 1380. The minimum Gasteiger partial charge on any atom is -0.465 e. The van der Waals surface area contributed by atoms with E-state index in [1.54, 1.807) is 11.2 Å². The normalized spacial score (nSPS) is 30.5. The summed E-state index contributed by atoms with van der Waals surface area (Å²) in [6.45, 7) is 6.50. The predicted octanol–water partition coefficient (Wildman–Crippen LogP) is 4.14. The van der Waals surface area contributed by atoms with Gasteiger partial charge in [0.25, 0.3) is 0 Å². The number of hydrogen-bond donors (Lipinski definition) is 3. The van der Waals surface area contributed by atoms with E-state index in [2.05, 4.69) is 34.9 Å². The summed E-state index contributed by atoms with van der Waals surface area (Å²) in [6, 6.07) is -1.31. The molecule has 0 spiro atoms. The maximum atomic E-state index is 13.7. The van der Waals surface area contributed by atoms with Gasteiger partial charge in [0.2, 0.25) is 5.91 Å². The van der Waals surface area contributed by atoms with Gasteiger partial charge in [0, 0.05) is 47.6 Å². The third-order valence-corrected chi connectivity index (χ3v) is 8.48. The summed E-state index contributed by atoms with van der Waals surface area (Å²) in [6.07, 6.45) is 15.4. The number of amidine groups is 1. The van der Waals surface area contributed by atoms with Gasteiger partial charge in [0.15, 0.2) is 0 Å². The molecule has 3 heterocycles. The number of fused-ring (bicyclic) bond motifs is 6. The minimum absolute atomic E-state index is 0.00647. The lowest BCUT2D eigenvalue weighted by Crippen LogP contribution is -2.55. The standard InChI is InChI=1S/C30H33ClN4O5/c1-4-39-19-11-24(35(13-19)29(36)26(15(2)3)34-30(37)38)28-32-23-8-5-16-10-22-20-7-6-18(31)9-17(20)14-40-25(22)12-21(16)27(23)33-28/h5-10,12,14-15,19-21,24,26-27,34H,4,11,13H2,1-3H3,(H,32,33)(H,37,38)/t19-,20?,21?,24-,26-,27?/m0/s1. The van der Waals surface area contributed by atoms with Crippen LogP contribution in [0.15, 0.2) is 87.0 Å². The fourth-order valence-electron chi connectivity index (χ4n) is 6.34. The highest BCUT2D eigenvalue weighted by molar-refractivity contribution is 6.31. The number of likely N-dealkylation sites (tertiary alicyclic amines) is 1. The number of allylic oxidation sites excluding steroid dienone is 9. The first-order chi connectivity index (χ1) is 19.2. The zero-order valence-electron chi connectivity index (χ0n) is 22.6. The molecule has 40 heavy (non-hydrogen) atoms.